The maximum atomic E-state index is 5.72. The molecule has 2 saturated heterocycles. The number of rotatable bonds is 1. The molecule has 0 radical (unpaired) electrons. The first-order chi connectivity index (χ1) is 5.77. The van der Waals surface area contributed by atoms with Crippen LogP contribution in [0.1, 0.15) is 13.8 Å². The Labute approximate surface area is 78.6 Å². The van der Waals surface area contributed by atoms with Crippen molar-refractivity contribution in [1.29, 1.82) is 0 Å². The van der Waals surface area contributed by atoms with Crippen LogP contribution in [-0.2, 0) is 4.74 Å². The molecule has 2 nitrogen and oxygen atoms in total. The minimum Gasteiger partial charge on any atom is -0.375 e. The van der Waals surface area contributed by atoms with Gasteiger partial charge in [-0.15, -0.1) is 0 Å². The maximum absolute atomic E-state index is 5.72. The Balaban J connectivity index is 1.94. The van der Waals surface area contributed by atoms with E-state index in [0.29, 0.717) is 12.1 Å². The summed E-state index contributed by atoms with van der Waals surface area (Å²) in [5, 5.41) is 0.751. The van der Waals surface area contributed by atoms with Crippen LogP contribution in [0.15, 0.2) is 0 Å². The zero-order valence-electron chi connectivity index (χ0n) is 7.82. The molecule has 0 N–H and O–H groups in total. The molecular weight excluding hydrogens is 170 g/mol. The first-order valence-electron chi connectivity index (χ1n) is 4.74. The zero-order chi connectivity index (χ0) is 8.55. The lowest BCUT2D eigenvalue weighted by Crippen LogP contribution is -2.31. The van der Waals surface area contributed by atoms with Gasteiger partial charge >= 0.3 is 0 Å². The second kappa shape index (κ2) is 3.56. The molecule has 0 spiro atoms. The highest BCUT2D eigenvalue weighted by molar-refractivity contribution is 8.00. The van der Waals surface area contributed by atoms with Gasteiger partial charge < -0.3 is 4.74 Å². The molecule has 2 rings (SSSR count). The molecule has 0 amide bonds. The fraction of sp³-hybridized carbons (Fsp3) is 1.00. The van der Waals surface area contributed by atoms with Crippen LogP contribution in [0.25, 0.3) is 0 Å². The standard InChI is InChI=1S/C9H17NOS/c1-7(2)10-5-8-9(6-10)12-4-3-11-8/h7-9H,3-6H2,1-2H3. The van der Waals surface area contributed by atoms with Crippen molar-refractivity contribution in [1.82, 2.24) is 4.90 Å². The second-order valence-electron chi connectivity index (χ2n) is 3.87. The number of likely N-dealkylation sites (tertiary alicyclic amines) is 1. The van der Waals surface area contributed by atoms with E-state index >= 15 is 0 Å². The molecule has 0 bridgehead atoms. The van der Waals surface area contributed by atoms with Gasteiger partial charge in [-0.1, -0.05) is 0 Å². The quantitative estimate of drug-likeness (QED) is 0.612. The topological polar surface area (TPSA) is 12.5 Å². The lowest BCUT2D eigenvalue weighted by molar-refractivity contribution is 0.0648. The molecule has 2 aliphatic heterocycles. The number of nitrogens with zero attached hydrogens (tertiary/aromatic N) is 1. The van der Waals surface area contributed by atoms with Crippen molar-refractivity contribution in [2.75, 3.05) is 25.4 Å². The highest BCUT2D eigenvalue weighted by Crippen LogP contribution is 2.29. The Kier molecular flexibility index (Phi) is 2.63. The third-order valence-electron chi connectivity index (χ3n) is 2.72. The smallest absolute Gasteiger partial charge is 0.0833 e. The Hall–Kier alpha value is 0.270. The fourth-order valence-corrected chi connectivity index (χ4v) is 3.08. The molecule has 3 heteroatoms. The van der Waals surface area contributed by atoms with Crippen molar-refractivity contribution in [2.45, 2.75) is 31.2 Å². The van der Waals surface area contributed by atoms with E-state index in [9.17, 15) is 0 Å². The van der Waals surface area contributed by atoms with Crippen LogP contribution in [0.3, 0.4) is 0 Å². The highest BCUT2D eigenvalue weighted by atomic mass is 32.2. The molecule has 0 aliphatic carbocycles. The van der Waals surface area contributed by atoms with Crippen molar-refractivity contribution < 1.29 is 4.74 Å². The third kappa shape index (κ3) is 1.63. The van der Waals surface area contributed by atoms with Gasteiger partial charge in [0.05, 0.1) is 12.7 Å². The first kappa shape index (κ1) is 8.85. The average Bonchev–Trinajstić information content (AvgIpc) is 2.46. The van der Waals surface area contributed by atoms with Crippen LogP contribution in [0.2, 0.25) is 0 Å². The normalized spacial score (nSPS) is 37.2. The Morgan fingerprint density at radius 2 is 2.25 bits per heavy atom. The molecule has 12 heavy (non-hydrogen) atoms. The number of hydrogen-bond acceptors (Lipinski definition) is 3. The largest absolute Gasteiger partial charge is 0.375 e. The van der Waals surface area contributed by atoms with E-state index in [1.165, 1.54) is 12.3 Å². The zero-order valence-corrected chi connectivity index (χ0v) is 8.64. The Morgan fingerprint density at radius 1 is 1.42 bits per heavy atom. The Morgan fingerprint density at radius 3 is 2.92 bits per heavy atom. The summed E-state index contributed by atoms with van der Waals surface area (Å²) in [6.45, 7) is 7.87. The molecule has 2 unspecified atom stereocenters. The van der Waals surface area contributed by atoms with Crippen LogP contribution in [0.4, 0.5) is 0 Å². The highest BCUT2D eigenvalue weighted by Gasteiger charge is 2.36. The fourth-order valence-electron chi connectivity index (χ4n) is 1.91. The summed E-state index contributed by atoms with van der Waals surface area (Å²) in [6, 6.07) is 0.680. The molecule has 0 aromatic rings. The minimum absolute atomic E-state index is 0.520. The van der Waals surface area contributed by atoms with Gasteiger partial charge in [0.15, 0.2) is 0 Å². The van der Waals surface area contributed by atoms with Gasteiger partial charge in [0.1, 0.15) is 0 Å². The van der Waals surface area contributed by atoms with E-state index in [1.807, 2.05) is 0 Å². The summed E-state index contributed by atoms with van der Waals surface area (Å²) in [7, 11) is 0. The average molecular weight is 187 g/mol. The summed E-state index contributed by atoms with van der Waals surface area (Å²) in [4.78, 5) is 2.52. The summed E-state index contributed by atoms with van der Waals surface area (Å²) in [5.74, 6) is 1.19. The first-order valence-corrected chi connectivity index (χ1v) is 5.79. The molecule has 2 fully saturated rings. The van der Waals surface area contributed by atoms with Gasteiger partial charge in [-0.2, -0.15) is 11.8 Å². The molecule has 2 atom stereocenters. The van der Waals surface area contributed by atoms with E-state index in [0.717, 1.165) is 18.4 Å². The van der Waals surface area contributed by atoms with Gasteiger partial charge in [-0.25, -0.2) is 0 Å². The van der Waals surface area contributed by atoms with Gasteiger partial charge in [-0.05, 0) is 13.8 Å². The maximum Gasteiger partial charge on any atom is 0.0833 e. The van der Waals surface area contributed by atoms with Crippen molar-refractivity contribution in [3.63, 3.8) is 0 Å². The van der Waals surface area contributed by atoms with E-state index in [1.54, 1.807) is 0 Å². The molecule has 70 valence electrons. The van der Waals surface area contributed by atoms with E-state index in [2.05, 4.69) is 30.5 Å². The minimum atomic E-state index is 0.520. The van der Waals surface area contributed by atoms with Crippen molar-refractivity contribution >= 4 is 11.8 Å². The van der Waals surface area contributed by atoms with E-state index in [4.69, 9.17) is 4.74 Å². The van der Waals surface area contributed by atoms with Gasteiger partial charge in [-0.3, -0.25) is 4.90 Å². The van der Waals surface area contributed by atoms with E-state index < -0.39 is 0 Å². The molecular formula is C9H17NOS. The predicted molar refractivity (Wildman–Crippen MR) is 52.7 cm³/mol. The van der Waals surface area contributed by atoms with Crippen LogP contribution >= 0.6 is 11.8 Å². The van der Waals surface area contributed by atoms with Gasteiger partial charge in [0.25, 0.3) is 0 Å². The third-order valence-corrected chi connectivity index (χ3v) is 4.00. The van der Waals surface area contributed by atoms with Crippen LogP contribution < -0.4 is 0 Å². The van der Waals surface area contributed by atoms with Crippen molar-refractivity contribution in [2.24, 2.45) is 0 Å². The van der Waals surface area contributed by atoms with Crippen LogP contribution in [-0.4, -0.2) is 47.7 Å². The lowest BCUT2D eigenvalue weighted by atomic mass is 10.3. The molecule has 0 aromatic heterocycles. The van der Waals surface area contributed by atoms with Crippen LogP contribution in [0, 0.1) is 0 Å². The second-order valence-corrected chi connectivity index (χ2v) is 5.21. The summed E-state index contributed by atoms with van der Waals surface area (Å²) in [5.41, 5.74) is 0. The van der Waals surface area contributed by atoms with Crippen molar-refractivity contribution in [3.8, 4) is 0 Å². The van der Waals surface area contributed by atoms with E-state index in [-0.39, 0.29) is 0 Å². The molecule has 0 saturated carbocycles. The summed E-state index contributed by atoms with van der Waals surface area (Å²) >= 11 is 2.09. The molecule has 0 aromatic carbocycles. The predicted octanol–water partition coefficient (Wildman–Crippen LogP) is 1.21. The van der Waals surface area contributed by atoms with Gasteiger partial charge in [0.2, 0.25) is 0 Å². The van der Waals surface area contributed by atoms with Crippen molar-refractivity contribution in [3.05, 3.63) is 0 Å². The van der Waals surface area contributed by atoms with Gasteiger partial charge in [0, 0.05) is 30.1 Å². The lowest BCUT2D eigenvalue weighted by Gasteiger charge is -2.23. The number of fused-ring (bicyclic) bond motifs is 1. The summed E-state index contributed by atoms with van der Waals surface area (Å²) < 4.78 is 5.72. The summed E-state index contributed by atoms with van der Waals surface area (Å²) in [6.07, 6.45) is 0.520. The number of hydrogen-bond donors (Lipinski definition) is 0. The molecule has 2 aliphatic rings. The monoisotopic (exact) mass is 187 g/mol. The van der Waals surface area contributed by atoms with Crippen LogP contribution in [0.5, 0.6) is 0 Å². The number of ether oxygens (including phenoxy) is 1. The molecule has 2 heterocycles. The SMILES string of the molecule is CC(C)N1CC2OCCSC2C1. The Bertz CT molecular complexity index is 149. The number of thioether (sulfide) groups is 1.